The fourth-order valence-electron chi connectivity index (χ4n) is 2.21. The van der Waals surface area contributed by atoms with Crippen LogP contribution in [0.1, 0.15) is 25.3 Å². The Bertz CT molecular complexity index is 433. The Morgan fingerprint density at radius 2 is 2.29 bits per heavy atom. The highest BCUT2D eigenvalue weighted by atomic mass is 79.9. The van der Waals surface area contributed by atoms with Crippen LogP contribution < -0.4 is 5.73 Å². The topological polar surface area (TPSA) is 46.3 Å². The van der Waals surface area contributed by atoms with E-state index < -0.39 is 0 Å². The van der Waals surface area contributed by atoms with Crippen molar-refractivity contribution in [3.05, 3.63) is 28.2 Å². The summed E-state index contributed by atoms with van der Waals surface area (Å²) < 4.78 is 0.910. The lowest BCUT2D eigenvalue weighted by Gasteiger charge is -2.18. The molecule has 1 aromatic carbocycles. The van der Waals surface area contributed by atoms with E-state index in [4.69, 9.17) is 5.73 Å². The van der Waals surface area contributed by atoms with Crippen LogP contribution in [0.5, 0.6) is 0 Å². The molecule has 1 heterocycles. The maximum Gasteiger partial charge on any atom is 0.223 e. The van der Waals surface area contributed by atoms with Gasteiger partial charge in [0.25, 0.3) is 0 Å². The van der Waals surface area contributed by atoms with Gasteiger partial charge in [-0.1, -0.05) is 25.5 Å². The summed E-state index contributed by atoms with van der Waals surface area (Å²) in [4.78, 5) is 13.7. The maximum absolute atomic E-state index is 11.8. The van der Waals surface area contributed by atoms with Crippen molar-refractivity contribution in [2.24, 2.45) is 5.92 Å². The van der Waals surface area contributed by atoms with Crippen LogP contribution in [0.4, 0.5) is 5.69 Å². The second-order valence-electron chi connectivity index (χ2n) is 4.57. The van der Waals surface area contributed by atoms with E-state index in [1.165, 1.54) is 0 Å². The number of anilines is 1. The van der Waals surface area contributed by atoms with Crippen LogP contribution >= 0.6 is 15.9 Å². The van der Waals surface area contributed by atoms with Crippen molar-refractivity contribution in [1.82, 2.24) is 4.90 Å². The van der Waals surface area contributed by atoms with Crippen molar-refractivity contribution in [1.29, 1.82) is 0 Å². The van der Waals surface area contributed by atoms with Crippen molar-refractivity contribution in [2.45, 2.75) is 26.3 Å². The predicted octanol–water partition coefficient (Wildman–Crippen LogP) is 2.79. The van der Waals surface area contributed by atoms with Gasteiger partial charge in [-0.25, -0.2) is 0 Å². The molecule has 0 spiro atoms. The standard InChI is InChI=1S/C13H17BrN2O/c1-2-9-6-12(17)16(7-9)8-10-4-3-5-11(15)13(10)14/h3-5,9H,2,6-8,15H2,1H3. The fraction of sp³-hybridized carbons (Fsp3) is 0.462. The molecule has 1 unspecified atom stereocenters. The normalized spacial score (nSPS) is 20.0. The van der Waals surface area contributed by atoms with Gasteiger partial charge in [-0.3, -0.25) is 4.79 Å². The molecule has 1 amide bonds. The lowest BCUT2D eigenvalue weighted by atomic mass is 10.1. The Kier molecular flexibility index (Phi) is 3.72. The molecule has 0 aromatic heterocycles. The summed E-state index contributed by atoms with van der Waals surface area (Å²) >= 11 is 3.48. The van der Waals surface area contributed by atoms with Crippen LogP contribution in [0.25, 0.3) is 0 Å². The maximum atomic E-state index is 11.8. The molecule has 2 rings (SSSR count). The third-order valence-corrected chi connectivity index (χ3v) is 4.31. The number of amides is 1. The third kappa shape index (κ3) is 2.63. The van der Waals surface area contributed by atoms with Crippen LogP contribution in [-0.2, 0) is 11.3 Å². The summed E-state index contributed by atoms with van der Waals surface area (Å²) in [5.74, 6) is 0.772. The summed E-state index contributed by atoms with van der Waals surface area (Å²) in [6.07, 6.45) is 1.76. The first-order valence-corrected chi connectivity index (χ1v) is 6.71. The highest BCUT2D eigenvalue weighted by molar-refractivity contribution is 9.10. The van der Waals surface area contributed by atoms with Crippen molar-refractivity contribution in [3.8, 4) is 0 Å². The Balaban J connectivity index is 2.11. The molecule has 1 aliphatic heterocycles. The van der Waals surface area contributed by atoms with Gasteiger partial charge in [0, 0.05) is 29.7 Å². The molecular weight excluding hydrogens is 280 g/mol. The summed E-state index contributed by atoms with van der Waals surface area (Å²) in [6, 6.07) is 5.79. The first-order chi connectivity index (χ1) is 8.11. The minimum atomic E-state index is 0.256. The number of hydrogen-bond acceptors (Lipinski definition) is 2. The zero-order valence-corrected chi connectivity index (χ0v) is 11.5. The quantitative estimate of drug-likeness (QED) is 0.872. The largest absolute Gasteiger partial charge is 0.398 e. The van der Waals surface area contributed by atoms with Crippen LogP contribution in [0.3, 0.4) is 0 Å². The van der Waals surface area contributed by atoms with E-state index in [1.807, 2.05) is 23.1 Å². The minimum absolute atomic E-state index is 0.256. The average molecular weight is 297 g/mol. The molecule has 0 aliphatic carbocycles. The van der Waals surface area contributed by atoms with Gasteiger partial charge in [-0.05, 0) is 33.5 Å². The summed E-state index contributed by atoms with van der Waals surface area (Å²) in [5.41, 5.74) is 7.63. The number of halogens is 1. The molecule has 17 heavy (non-hydrogen) atoms. The number of nitrogen functional groups attached to an aromatic ring is 1. The average Bonchev–Trinajstić information content (AvgIpc) is 2.66. The molecule has 1 fully saturated rings. The predicted molar refractivity (Wildman–Crippen MR) is 72.4 cm³/mol. The van der Waals surface area contributed by atoms with E-state index in [-0.39, 0.29) is 5.91 Å². The molecule has 4 heteroatoms. The molecule has 1 aromatic rings. The Morgan fingerprint density at radius 1 is 1.53 bits per heavy atom. The Hall–Kier alpha value is -1.03. The van der Waals surface area contributed by atoms with Crippen molar-refractivity contribution in [3.63, 3.8) is 0 Å². The molecule has 0 radical (unpaired) electrons. The van der Waals surface area contributed by atoms with Gasteiger partial charge in [-0.2, -0.15) is 0 Å². The van der Waals surface area contributed by atoms with Crippen LogP contribution in [0.2, 0.25) is 0 Å². The van der Waals surface area contributed by atoms with Crippen LogP contribution in [-0.4, -0.2) is 17.4 Å². The number of carbonyl (C=O) groups excluding carboxylic acids is 1. The van der Waals surface area contributed by atoms with Gasteiger partial charge in [0.2, 0.25) is 5.91 Å². The molecule has 1 aliphatic rings. The lowest BCUT2D eigenvalue weighted by Crippen LogP contribution is -2.24. The first-order valence-electron chi connectivity index (χ1n) is 5.92. The smallest absolute Gasteiger partial charge is 0.223 e. The molecule has 1 saturated heterocycles. The molecule has 0 saturated carbocycles. The van der Waals surface area contributed by atoms with Gasteiger partial charge in [0.15, 0.2) is 0 Å². The summed E-state index contributed by atoms with van der Waals surface area (Å²) in [6.45, 7) is 3.66. The number of nitrogens with two attached hydrogens (primary N) is 1. The summed E-state index contributed by atoms with van der Waals surface area (Å²) in [5, 5.41) is 0. The van der Waals surface area contributed by atoms with E-state index in [2.05, 4.69) is 22.9 Å². The minimum Gasteiger partial charge on any atom is -0.398 e. The second-order valence-corrected chi connectivity index (χ2v) is 5.37. The molecule has 92 valence electrons. The number of benzene rings is 1. The van der Waals surface area contributed by atoms with Crippen LogP contribution in [0, 0.1) is 5.92 Å². The number of likely N-dealkylation sites (tertiary alicyclic amines) is 1. The van der Waals surface area contributed by atoms with Crippen LogP contribution in [0.15, 0.2) is 22.7 Å². The van der Waals surface area contributed by atoms with Gasteiger partial charge >= 0.3 is 0 Å². The third-order valence-electron chi connectivity index (χ3n) is 3.34. The zero-order chi connectivity index (χ0) is 12.4. The van der Waals surface area contributed by atoms with Crippen molar-refractivity contribution in [2.75, 3.05) is 12.3 Å². The van der Waals surface area contributed by atoms with Gasteiger partial charge in [-0.15, -0.1) is 0 Å². The monoisotopic (exact) mass is 296 g/mol. The van der Waals surface area contributed by atoms with E-state index in [0.717, 1.165) is 28.7 Å². The number of nitrogens with zero attached hydrogens (tertiary/aromatic N) is 1. The molecule has 2 N–H and O–H groups in total. The van der Waals surface area contributed by atoms with E-state index in [0.29, 0.717) is 18.9 Å². The molecule has 1 atom stereocenters. The van der Waals surface area contributed by atoms with Gasteiger partial charge in [0.1, 0.15) is 0 Å². The van der Waals surface area contributed by atoms with E-state index >= 15 is 0 Å². The number of hydrogen-bond donors (Lipinski definition) is 1. The Labute approximate surface area is 110 Å². The lowest BCUT2D eigenvalue weighted by molar-refractivity contribution is -0.128. The molecule has 0 bridgehead atoms. The SMILES string of the molecule is CCC1CC(=O)N(Cc2cccc(N)c2Br)C1. The van der Waals surface area contributed by atoms with Gasteiger partial charge in [0.05, 0.1) is 0 Å². The van der Waals surface area contributed by atoms with E-state index in [1.54, 1.807) is 0 Å². The summed E-state index contributed by atoms with van der Waals surface area (Å²) in [7, 11) is 0. The molecular formula is C13H17BrN2O. The fourth-order valence-corrected chi connectivity index (χ4v) is 2.60. The highest BCUT2D eigenvalue weighted by Crippen LogP contribution is 2.28. The Morgan fingerprint density at radius 3 is 2.94 bits per heavy atom. The number of rotatable bonds is 3. The second kappa shape index (κ2) is 5.08. The van der Waals surface area contributed by atoms with Crippen molar-refractivity contribution < 1.29 is 4.79 Å². The number of carbonyl (C=O) groups is 1. The molecule has 3 nitrogen and oxygen atoms in total. The van der Waals surface area contributed by atoms with Crippen molar-refractivity contribution >= 4 is 27.5 Å². The van der Waals surface area contributed by atoms with E-state index in [9.17, 15) is 4.79 Å². The van der Waals surface area contributed by atoms with Gasteiger partial charge < -0.3 is 10.6 Å². The zero-order valence-electron chi connectivity index (χ0n) is 9.95. The highest BCUT2D eigenvalue weighted by Gasteiger charge is 2.28. The first kappa shape index (κ1) is 12.4.